The van der Waals surface area contributed by atoms with Gasteiger partial charge in [-0.3, -0.25) is 0 Å². The third-order valence-corrected chi connectivity index (χ3v) is 4.88. The first kappa shape index (κ1) is 24.0. The van der Waals surface area contributed by atoms with Crippen molar-refractivity contribution in [2.45, 2.75) is 13.3 Å². The van der Waals surface area contributed by atoms with E-state index in [0.717, 1.165) is 6.08 Å². The zero-order chi connectivity index (χ0) is 24.1. The van der Waals surface area contributed by atoms with Crippen molar-refractivity contribution in [1.82, 2.24) is 10.2 Å². The smallest absolute Gasteiger partial charge is 0.248 e. The van der Waals surface area contributed by atoms with E-state index in [1.54, 1.807) is 6.92 Å². The zero-order valence-corrected chi connectivity index (χ0v) is 18.7. The third kappa shape index (κ3) is 5.77. The third-order valence-electron chi connectivity index (χ3n) is 4.36. The Kier molecular flexibility index (Phi) is 7.48. The first-order valence-electron chi connectivity index (χ1n) is 9.35. The van der Waals surface area contributed by atoms with Crippen LogP contribution in [0.25, 0.3) is 5.57 Å². The van der Waals surface area contributed by atoms with Crippen LogP contribution in [0.3, 0.4) is 0 Å². The Hall–Kier alpha value is -3.67. The van der Waals surface area contributed by atoms with Crippen LogP contribution < -0.4 is 10.5 Å². The second-order valence-electron chi connectivity index (χ2n) is 6.77. The molecule has 0 amide bonds. The number of hydrogen-bond acceptors (Lipinski definition) is 6. The first-order valence-corrected chi connectivity index (χ1v) is 10.1. The van der Waals surface area contributed by atoms with E-state index in [1.807, 2.05) is 6.07 Å². The number of nitrogens with two attached hydrogens (primary N) is 1. The molecule has 0 aliphatic heterocycles. The lowest BCUT2D eigenvalue weighted by atomic mass is 10.1. The summed E-state index contributed by atoms with van der Waals surface area (Å²) in [4.78, 5) is 0. The first-order chi connectivity index (χ1) is 15.7. The van der Waals surface area contributed by atoms with Crippen molar-refractivity contribution in [3.63, 3.8) is 0 Å². The van der Waals surface area contributed by atoms with Gasteiger partial charge in [-0.15, -0.1) is 10.2 Å². The Morgan fingerprint density at radius 1 is 1.30 bits per heavy atom. The van der Waals surface area contributed by atoms with Crippen LogP contribution in [0.15, 0.2) is 65.0 Å². The Bertz CT molecular complexity index is 1330. The molecule has 3 rings (SSSR count). The number of halogens is 4. The van der Waals surface area contributed by atoms with Crippen LogP contribution in [0, 0.1) is 17.1 Å². The molecule has 0 bridgehead atoms. The lowest BCUT2D eigenvalue weighted by Gasteiger charge is -2.12. The molecule has 2 aromatic carbocycles. The topological polar surface area (TPSA) is 98.0 Å². The average Bonchev–Trinajstić information content (AvgIpc) is 3.24. The number of benzene rings is 2. The molecule has 10 heteroatoms. The number of rotatable bonds is 7. The minimum atomic E-state index is -0.758. The van der Waals surface area contributed by atoms with Crippen molar-refractivity contribution in [3.05, 3.63) is 99.4 Å². The largest absolute Gasteiger partial charge is 0.453 e. The van der Waals surface area contributed by atoms with Crippen molar-refractivity contribution >= 4 is 28.8 Å². The maximum absolute atomic E-state index is 15.2. The Morgan fingerprint density at radius 2 is 2.06 bits per heavy atom. The Balaban J connectivity index is 1.92. The van der Waals surface area contributed by atoms with Crippen LogP contribution in [-0.2, 0) is 6.42 Å². The molecule has 0 saturated heterocycles. The number of allylic oxidation sites excluding steroid dienone is 4. The van der Waals surface area contributed by atoms with E-state index in [-0.39, 0.29) is 56.4 Å². The fraction of sp³-hybridized carbons (Fsp3) is 0.0870. The van der Waals surface area contributed by atoms with Gasteiger partial charge in [-0.1, -0.05) is 35.8 Å². The maximum atomic E-state index is 15.2. The van der Waals surface area contributed by atoms with Crippen LogP contribution in [0.4, 0.5) is 8.78 Å². The quantitative estimate of drug-likeness (QED) is 0.381. The average molecular weight is 489 g/mol. The molecule has 0 atom stereocenters. The van der Waals surface area contributed by atoms with Gasteiger partial charge in [0.25, 0.3) is 0 Å². The minimum Gasteiger partial charge on any atom is -0.453 e. The highest BCUT2D eigenvalue weighted by atomic mass is 35.5. The highest BCUT2D eigenvalue weighted by Crippen LogP contribution is 2.36. The van der Waals surface area contributed by atoms with Gasteiger partial charge in [0.1, 0.15) is 11.6 Å². The SMILES string of the molecule is C=C(F)/C=C(\C(C)=C/N)c1nnc(Cc2ccc(Cl)c(Oc3cc(Cl)cc(C#N)c3)c2F)o1. The van der Waals surface area contributed by atoms with E-state index in [0.29, 0.717) is 5.57 Å². The fourth-order valence-electron chi connectivity index (χ4n) is 2.79. The molecule has 2 N–H and O–H groups in total. The monoisotopic (exact) mass is 488 g/mol. The van der Waals surface area contributed by atoms with Gasteiger partial charge in [0.05, 0.1) is 23.1 Å². The summed E-state index contributed by atoms with van der Waals surface area (Å²) < 4.78 is 39.7. The number of ether oxygens (including phenoxy) is 1. The van der Waals surface area contributed by atoms with Crippen molar-refractivity contribution in [3.8, 4) is 17.6 Å². The second kappa shape index (κ2) is 10.3. The summed E-state index contributed by atoms with van der Waals surface area (Å²) in [6.07, 6.45) is 2.26. The minimum absolute atomic E-state index is 0.00296. The van der Waals surface area contributed by atoms with E-state index in [1.165, 1.54) is 36.5 Å². The molecule has 1 heterocycles. The van der Waals surface area contributed by atoms with Gasteiger partial charge in [0.15, 0.2) is 11.6 Å². The van der Waals surface area contributed by atoms with E-state index in [9.17, 15) is 4.39 Å². The molecule has 1 aromatic heterocycles. The lowest BCUT2D eigenvalue weighted by molar-refractivity contribution is 0.436. The molecule has 0 spiro atoms. The van der Waals surface area contributed by atoms with Gasteiger partial charge in [-0.25, -0.2) is 8.78 Å². The summed E-state index contributed by atoms with van der Waals surface area (Å²) in [5, 5.41) is 17.1. The number of aromatic nitrogens is 2. The van der Waals surface area contributed by atoms with E-state index < -0.39 is 11.6 Å². The number of hydrogen-bond donors (Lipinski definition) is 1. The van der Waals surface area contributed by atoms with Crippen molar-refractivity contribution < 1.29 is 17.9 Å². The van der Waals surface area contributed by atoms with E-state index in [2.05, 4.69) is 16.8 Å². The highest BCUT2D eigenvalue weighted by Gasteiger charge is 2.19. The molecule has 3 aromatic rings. The van der Waals surface area contributed by atoms with E-state index >= 15 is 4.39 Å². The van der Waals surface area contributed by atoms with Crippen LogP contribution in [-0.4, -0.2) is 10.2 Å². The molecule has 33 heavy (non-hydrogen) atoms. The molecular weight excluding hydrogens is 473 g/mol. The van der Waals surface area contributed by atoms with Gasteiger partial charge < -0.3 is 14.9 Å². The van der Waals surface area contributed by atoms with Gasteiger partial charge in [0, 0.05) is 16.2 Å². The van der Waals surface area contributed by atoms with Crippen molar-refractivity contribution in [2.75, 3.05) is 0 Å². The van der Waals surface area contributed by atoms with Crippen LogP contribution in [0.1, 0.15) is 29.8 Å². The highest BCUT2D eigenvalue weighted by molar-refractivity contribution is 6.32. The van der Waals surface area contributed by atoms with Crippen LogP contribution in [0.5, 0.6) is 11.5 Å². The molecule has 6 nitrogen and oxygen atoms in total. The molecule has 0 saturated carbocycles. The fourth-order valence-corrected chi connectivity index (χ4v) is 3.20. The summed E-state index contributed by atoms with van der Waals surface area (Å²) in [6, 6.07) is 9.10. The molecule has 0 fully saturated rings. The number of nitriles is 1. The Morgan fingerprint density at radius 3 is 2.73 bits per heavy atom. The summed E-state index contributed by atoms with van der Waals surface area (Å²) >= 11 is 12.1. The van der Waals surface area contributed by atoms with Gasteiger partial charge in [-0.2, -0.15) is 5.26 Å². The maximum Gasteiger partial charge on any atom is 0.248 e. The summed E-state index contributed by atoms with van der Waals surface area (Å²) in [7, 11) is 0. The summed E-state index contributed by atoms with van der Waals surface area (Å²) in [5.41, 5.74) is 6.63. The lowest BCUT2D eigenvalue weighted by Crippen LogP contribution is -1.98. The van der Waals surface area contributed by atoms with Crippen LogP contribution >= 0.6 is 23.2 Å². The predicted molar refractivity (Wildman–Crippen MR) is 121 cm³/mol. The van der Waals surface area contributed by atoms with Gasteiger partial charge >= 0.3 is 0 Å². The molecule has 0 unspecified atom stereocenters. The molecular formula is C23H16Cl2F2N4O2. The second-order valence-corrected chi connectivity index (χ2v) is 7.62. The zero-order valence-electron chi connectivity index (χ0n) is 17.2. The van der Waals surface area contributed by atoms with E-state index in [4.69, 9.17) is 43.4 Å². The van der Waals surface area contributed by atoms with Gasteiger partial charge in [0.2, 0.25) is 11.8 Å². The predicted octanol–water partition coefficient (Wildman–Crippen LogP) is 6.50. The van der Waals surface area contributed by atoms with Crippen LogP contribution in [0.2, 0.25) is 10.0 Å². The summed E-state index contributed by atoms with van der Waals surface area (Å²) in [5.74, 6) is -1.54. The molecule has 168 valence electrons. The Labute approximate surface area is 198 Å². The van der Waals surface area contributed by atoms with Gasteiger partial charge in [-0.05, 0) is 49.0 Å². The summed E-state index contributed by atoms with van der Waals surface area (Å²) in [6.45, 7) is 4.82. The molecule has 0 aliphatic carbocycles. The number of nitrogens with zero attached hydrogens (tertiary/aromatic N) is 3. The standard InChI is InChI=1S/C23H16Cl2F2N4O2/c1-12(10-28)18(5-13(2)26)23-31-30-20(33-23)8-15-3-4-19(25)22(21(15)27)32-17-7-14(11-29)6-16(24)9-17/h3-7,9-10H,2,8,28H2,1H3/b12-10-,18-5+. The van der Waals surface area contributed by atoms with Crippen molar-refractivity contribution in [2.24, 2.45) is 5.73 Å². The van der Waals surface area contributed by atoms with Crippen molar-refractivity contribution in [1.29, 1.82) is 5.26 Å². The molecule has 0 aliphatic rings. The molecule has 0 radical (unpaired) electrons. The normalized spacial score (nSPS) is 11.9.